The number of hydrogen-bond acceptors (Lipinski definition) is 2. The first-order valence-electron chi connectivity index (χ1n) is 3.82. The lowest BCUT2D eigenvalue weighted by atomic mass is 10.2. The van der Waals surface area contributed by atoms with E-state index in [9.17, 15) is 18.0 Å². The number of hydrogen-bond donors (Lipinski definition) is 1. The number of amides is 1. The van der Waals surface area contributed by atoms with Crippen molar-refractivity contribution in [2.24, 2.45) is 0 Å². The third kappa shape index (κ3) is 2.59. The van der Waals surface area contributed by atoms with E-state index >= 15 is 0 Å². The van der Waals surface area contributed by atoms with Gasteiger partial charge in [-0.1, -0.05) is 11.6 Å². The number of halogens is 4. The first kappa shape index (κ1) is 11.8. The monoisotopic (exact) mass is 238 g/mol. The lowest BCUT2D eigenvalue weighted by Gasteiger charge is -2.07. The molecule has 0 aliphatic rings. The Bertz CT molecular complexity index is 392. The van der Waals surface area contributed by atoms with Gasteiger partial charge in [0.2, 0.25) is 0 Å². The van der Waals surface area contributed by atoms with Gasteiger partial charge in [0.05, 0.1) is 5.56 Å². The van der Waals surface area contributed by atoms with Gasteiger partial charge in [0.25, 0.3) is 5.91 Å². The molecule has 3 nitrogen and oxygen atoms in total. The topological polar surface area (TPSA) is 42.0 Å². The van der Waals surface area contributed by atoms with Gasteiger partial charge in [-0.3, -0.25) is 4.79 Å². The lowest BCUT2D eigenvalue weighted by Crippen LogP contribution is -2.19. The van der Waals surface area contributed by atoms with Crippen LogP contribution in [-0.2, 0) is 6.18 Å². The number of pyridine rings is 1. The molecule has 0 aliphatic heterocycles. The van der Waals surface area contributed by atoms with E-state index in [4.69, 9.17) is 11.6 Å². The van der Waals surface area contributed by atoms with Crippen LogP contribution in [0.5, 0.6) is 0 Å². The van der Waals surface area contributed by atoms with E-state index in [0.717, 1.165) is 6.07 Å². The molecule has 0 bridgehead atoms. The van der Waals surface area contributed by atoms with E-state index in [-0.39, 0.29) is 5.56 Å². The van der Waals surface area contributed by atoms with Gasteiger partial charge < -0.3 is 5.32 Å². The first-order chi connectivity index (χ1) is 6.86. The normalized spacial score (nSPS) is 11.3. The predicted octanol–water partition coefficient (Wildman–Crippen LogP) is 2.11. The molecular formula is C8H6ClF3N2O. The third-order valence-electron chi connectivity index (χ3n) is 1.61. The SMILES string of the molecule is CNC(=O)c1ccc(C(F)(F)F)nc1Cl. The Labute approximate surface area is 88.3 Å². The summed E-state index contributed by atoms with van der Waals surface area (Å²) in [6, 6.07) is 1.69. The molecule has 0 radical (unpaired) electrons. The van der Waals surface area contributed by atoms with E-state index in [0.29, 0.717) is 6.07 Å². The second-order valence-corrected chi connectivity index (χ2v) is 2.97. The number of alkyl halides is 3. The second-order valence-electron chi connectivity index (χ2n) is 2.61. The number of carbonyl (C=O) groups excluding carboxylic acids is 1. The molecule has 15 heavy (non-hydrogen) atoms. The van der Waals surface area contributed by atoms with Gasteiger partial charge in [0.15, 0.2) is 0 Å². The molecule has 0 aliphatic carbocycles. The van der Waals surface area contributed by atoms with Crippen molar-refractivity contribution in [1.82, 2.24) is 10.3 Å². The van der Waals surface area contributed by atoms with Gasteiger partial charge in [-0.25, -0.2) is 4.98 Å². The zero-order valence-corrected chi connectivity index (χ0v) is 8.28. The summed E-state index contributed by atoms with van der Waals surface area (Å²) in [5, 5.41) is 1.77. The molecule has 1 rings (SSSR count). The minimum atomic E-state index is -4.56. The molecule has 1 amide bonds. The van der Waals surface area contributed by atoms with Gasteiger partial charge in [0.1, 0.15) is 10.8 Å². The van der Waals surface area contributed by atoms with Crippen molar-refractivity contribution >= 4 is 17.5 Å². The van der Waals surface area contributed by atoms with Crippen LogP contribution >= 0.6 is 11.6 Å². The highest BCUT2D eigenvalue weighted by molar-refractivity contribution is 6.32. The van der Waals surface area contributed by atoms with E-state index in [1.54, 1.807) is 0 Å². The molecule has 0 spiro atoms. The summed E-state index contributed by atoms with van der Waals surface area (Å²) in [6.45, 7) is 0. The fourth-order valence-electron chi connectivity index (χ4n) is 0.896. The van der Waals surface area contributed by atoms with Crippen LogP contribution in [-0.4, -0.2) is 17.9 Å². The molecule has 7 heteroatoms. The predicted molar refractivity (Wildman–Crippen MR) is 47.6 cm³/mol. The summed E-state index contributed by atoms with van der Waals surface area (Å²) < 4.78 is 36.5. The highest BCUT2D eigenvalue weighted by Crippen LogP contribution is 2.29. The molecule has 0 atom stereocenters. The number of carbonyl (C=O) groups is 1. The van der Waals surface area contributed by atoms with E-state index in [1.807, 2.05) is 0 Å². The average molecular weight is 239 g/mol. The minimum absolute atomic E-state index is 0.0906. The van der Waals surface area contributed by atoms with Crippen LogP contribution in [0.15, 0.2) is 12.1 Å². The quantitative estimate of drug-likeness (QED) is 0.762. The van der Waals surface area contributed by atoms with E-state index < -0.39 is 22.9 Å². The van der Waals surface area contributed by atoms with Gasteiger partial charge in [-0.15, -0.1) is 0 Å². The largest absolute Gasteiger partial charge is 0.433 e. The number of rotatable bonds is 1. The molecule has 1 heterocycles. The van der Waals surface area contributed by atoms with Crippen LogP contribution in [0.4, 0.5) is 13.2 Å². The van der Waals surface area contributed by atoms with Gasteiger partial charge in [-0.2, -0.15) is 13.2 Å². The fraction of sp³-hybridized carbons (Fsp3) is 0.250. The Morgan fingerprint density at radius 2 is 2.07 bits per heavy atom. The number of nitrogens with one attached hydrogen (secondary N) is 1. The fourth-order valence-corrected chi connectivity index (χ4v) is 1.14. The third-order valence-corrected chi connectivity index (χ3v) is 1.90. The zero-order valence-electron chi connectivity index (χ0n) is 7.52. The van der Waals surface area contributed by atoms with Gasteiger partial charge >= 0.3 is 6.18 Å². The lowest BCUT2D eigenvalue weighted by molar-refractivity contribution is -0.141. The summed E-state index contributed by atoms with van der Waals surface area (Å²) >= 11 is 5.44. The minimum Gasteiger partial charge on any atom is -0.355 e. The smallest absolute Gasteiger partial charge is 0.355 e. The summed E-state index contributed by atoms with van der Waals surface area (Å²) in [7, 11) is 1.34. The highest BCUT2D eigenvalue weighted by Gasteiger charge is 2.33. The molecular weight excluding hydrogens is 233 g/mol. The molecule has 0 saturated carbocycles. The summed E-state index contributed by atoms with van der Waals surface area (Å²) in [4.78, 5) is 14.2. The molecule has 1 aromatic heterocycles. The molecule has 0 fully saturated rings. The average Bonchev–Trinajstić information content (AvgIpc) is 2.15. The Morgan fingerprint density at radius 1 is 1.47 bits per heavy atom. The maximum absolute atomic E-state index is 12.2. The zero-order chi connectivity index (χ0) is 11.6. The van der Waals surface area contributed by atoms with E-state index in [1.165, 1.54) is 7.05 Å². The van der Waals surface area contributed by atoms with Crippen LogP contribution in [0.1, 0.15) is 16.1 Å². The van der Waals surface area contributed by atoms with Crippen molar-refractivity contribution in [1.29, 1.82) is 0 Å². The van der Waals surface area contributed by atoms with Crippen molar-refractivity contribution in [3.63, 3.8) is 0 Å². The van der Waals surface area contributed by atoms with Crippen LogP contribution in [0.3, 0.4) is 0 Å². The standard InChI is InChI=1S/C8H6ClF3N2O/c1-13-7(15)4-2-3-5(8(10,11)12)14-6(4)9/h2-3H,1H3,(H,13,15). The molecule has 0 aromatic carbocycles. The van der Waals surface area contributed by atoms with Crippen molar-refractivity contribution in [3.05, 3.63) is 28.5 Å². The summed E-state index contributed by atoms with van der Waals surface area (Å²) in [5.41, 5.74) is -1.22. The molecule has 1 N–H and O–H groups in total. The van der Waals surface area contributed by atoms with E-state index in [2.05, 4.69) is 10.3 Å². The van der Waals surface area contributed by atoms with Crippen LogP contribution < -0.4 is 5.32 Å². The molecule has 0 saturated heterocycles. The highest BCUT2D eigenvalue weighted by atomic mass is 35.5. The first-order valence-corrected chi connectivity index (χ1v) is 4.20. The second kappa shape index (κ2) is 4.06. The summed E-state index contributed by atoms with van der Waals surface area (Å²) in [6.07, 6.45) is -4.56. The van der Waals surface area contributed by atoms with Crippen molar-refractivity contribution in [2.45, 2.75) is 6.18 Å². The Kier molecular flexibility index (Phi) is 3.18. The molecule has 0 unspecified atom stereocenters. The summed E-state index contributed by atoms with van der Waals surface area (Å²) in [5.74, 6) is -0.582. The molecule has 82 valence electrons. The van der Waals surface area contributed by atoms with Crippen molar-refractivity contribution < 1.29 is 18.0 Å². The maximum atomic E-state index is 12.2. The van der Waals surface area contributed by atoms with Crippen LogP contribution in [0.25, 0.3) is 0 Å². The van der Waals surface area contributed by atoms with Crippen LogP contribution in [0.2, 0.25) is 5.15 Å². The van der Waals surface area contributed by atoms with Crippen molar-refractivity contribution in [2.75, 3.05) is 7.05 Å². The van der Waals surface area contributed by atoms with Gasteiger partial charge in [0, 0.05) is 7.05 Å². The van der Waals surface area contributed by atoms with Crippen molar-refractivity contribution in [3.8, 4) is 0 Å². The van der Waals surface area contributed by atoms with Gasteiger partial charge in [-0.05, 0) is 12.1 Å². The molecule has 1 aromatic rings. The Morgan fingerprint density at radius 3 is 2.47 bits per heavy atom. The number of nitrogens with zero attached hydrogens (tertiary/aromatic N) is 1. The Balaban J connectivity index is 3.15. The maximum Gasteiger partial charge on any atom is 0.433 e. The van der Waals surface area contributed by atoms with Crippen LogP contribution in [0, 0.1) is 0 Å². The Hall–Kier alpha value is -1.30. The number of aromatic nitrogens is 1.